The highest BCUT2D eigenvalue weighted by Crippen LogP contribution is 2.49. The van der Waals surface area contributed by atoms with E-state index in [1.165, 1.54) is 44.9 Å². The summed E-state index contributed by atoms with van der Waals surface area (Å²) in [5.41, 5.74) is 6.49. The minimum atomic E-state index is -0.863. The van der Waals surface area contributed by atoms with Crippen LogP contribution in [0.1, 0.15) is 154 Å². The number of aliphatic hydroxyl groups excluding tert-OH is 4. The zero-order chi connectivity index (χ0) is 42.2. The fourth-order valence-electron chi connectivity index (χ4n) is 14.3. The van der Waals surface area contributed by atoms with E-state index in [0.717, 1.165) is 76.3 Å². The van der Waals surface area contributed by atoms with E-state index in [4.69, 9.17) is 10.5 Å². The molecule has 0 aromatic heterocycles. The highest BCUT2D eigenvalue weighted by molar-refractivity contribution is 5.84. The van der Waals surface area contributed by atoms with Crippen molar-refractivity contribution in [2.24, 2.45) is 76.7 Å². The van der Waals surface area contributed by atoms with E-state index in [-0.39, 0.29) is 48.5 Å². The van der Waals surface area contributed by atoms with Gasteiger partial charge in [-0.05, 0) is 175 Å². The van der Waals surface area contributed by atoms with Crippen LogP contribution in [-0.2, 0) is 14.3 Å². The lowest BCUT2D eigenvalue weighted by Crippen LogP contribution is -2.50. The standard InChI is InChI=1S/C50H83N3O7/c1-60-49-25-36-14-18-47(58)42(46(57)8-4-7-32(20-22-54)39-24-38-12-16-41(56)28-45(38)53-30-39)17-13-33(44(36)29-48(49)59)11-15-40(55)27-43(37-19-21-52-50(51)26-37)35-10-9-31-5-2-3-6-34(31)23-35/h31-40,42-46,48-50,52-55,57,59H,2-12,14-16,18-30,51H2,1H3/t31?,32-,33-,34?,35?,36?,37?,38+,39-,40+,42-,43+,44?,45-,46-,48?,49?,50?/m1/s1. The van der Waals surface area contributed by atoms with Crippen molar-refractivity contribution in [3.05, 3.63) is 0 Å². The number of carbonyl (C=O) groups excluding carboxylic acids is 2. The van der Waals surface area contributed by atoms with Gasteiger partial charge in [-0.3, -0.25) is 9.59 Å². The average Bonchev–Trinajstić information content (AvgIpc) is 3.31. The lowest BCUT2D eigenvalue weighted by atomic mass is 9.61. The summed E-state index contributed by atoms with van der Waals surface area (Å²) in [5.74, 6) is 11.3. The Hall–Kier alpha value is -1.42. The first-order chi connectivity index (χ1) is 29.1. The van der Waals surface area contributed by atoms with Crippen LogP contribution in [0, 0.1) is 82.9 Å². The molecule has 340 valence electrons. The molecule has 0 aromatic rings. The summed E-state index contributed by atoms with van der Waals surface area (Å²) in [7, 11) is 1.66. The number of carbonyl (C=O) groups is 2. The SMILES string of the molecule is COC1CC2CCC(=O)[C@@H]([C@H](O)CCC[C@H](CCO)[C@H]3CN[C@@H]4CC(=O)CC[C@H]4C3)C#C[C@@H](CC[C@H](O)C[C@H](C3CCNC(N)C3)C3CCC4CCCCC4C3)C2CC1O. The third kappa shape index (κ3) is 12.0. The Morgan fingerprint density at radius 3 is 2.38 bits per heavy atom. The molecule has 5 aliphatic carbocycles. The molecule has 18 atom stereocenters. The van der Waals surface area contributed by atoms with Crippen LogP contribution in [0.2, 0.25) is 0 Å². The van der Waals surface area contributed by atoms with E-state index >= 15 is 0 Å². The van der Waals surface area contributed by atoms with Crippen molar-refractivity contribution in [3.8, 4) is 11.8 Å². The Bertz CT molecular complexity index is 1440. The normalized spacial score (nSPS) is 40.8. The first-order valence-corrected chi connectivity index (χ1v) is 25.1. The van der Waals surface area contributed by atoms with E-state index < -0.39 is 24.2 Å². The number of ketones is 2. The number of fused-ring (bicyclic) bond motifs is 3. The summed E-state index contributed by atoms with van der Waals surface area (Å²) in [6.45, 7) is 1.94. The maximum atomic E-state index is 13.9. The molecule has 0 amide bonds. The van der Waals surface area contributed by atoms with Crippen molar-refractivity contribution in [3.63, 3.8) is 0 Å². The Balaban J connectivity index is 1.01. The number of piperidine rings is 2. The lowest BCUT2D eigenvalue weighted by molar-refractivity contribution is -0.125. The van der Waals surface area contributed by atoms with Crippen LogP contribution < -0.4 is 16.4 Å². The zero-order valence-electron chi connectivity index (χ0n) is 37.1. The predicted molar refractivity (Wildman–Crippen MR) is 234 cm³/mol. The number of aliphatic hydroxyl groups is 4. The first-order valence-electron chi connectivity index (χ1n) is 25.1. The second-order valence-electron chi connectivity index (χ2n) is 21.3. The van der Waals surface area contributed by atoms with Gasteiger partial charge in [0.05, 0.1) is 30.6 Å². The minimum absolute atomic E-state index is 0.00603. The molecule has 2 heterocycles. The average molecular weight is 838 g/mol. The third-order valence-corrected chi connectivity index (χ3v) is 17.7. The molecule has 2 saturated heterocycles. The molecule has 0 radical (unpaired) electrons. The summed E-state index contributed by atoms with van der Waals surface area (Å²) in [6.07, 6.45) is 20.0. The lowest BCUT2D eigenvalue weighted by Gasteiger charge is -2.46. The molecular formula is C50H83N3O7. The van der Waals surface area contributed by atoms with Crippen molar-refractivity contribution < 1.29 is 34.8 Å². The molecule has 4 saturated carbocycles. The monoisotopic (exact) mass is 838 g/mol. The largest absolute Gasteiger partial charge is 0.396 e. The van der Waals surface area contributed by atoms with Crippen LogP contribution in [0.15, 0.2) is 0 Å². The summed E-state index contributed by atoms with van der Waals surface area (Å²) in [4.78, 5) is 26.0. The maximum absolute atomic E-state index is 13.9. The molecule has 0 aromatic carbocycles. The van der Waals surface area contributed by atoms with Crippen molar-refractivity contribution in [2.45, 2.75) is 191 Å². The predicted octanol–water partition coefficient (Wildman–Crippen LogP) is 5.90. The van der Waals surface area contributed by atoms with Gasteiger partial charge >= 0.3 is 0 Å². The number of ether oxygens (including phenoxy) is 1. The van der Waals surface area contributed by atoms with Gasteiger partial charge in [0.15, 0.2) is 0 Å². The van der Waals surface area contributed by atoms with Gasteiger partial charge in [-0.2, -0.15) is 0 Å². The summed E-state index contributed by atoms with van der Waals surface area (Å²) < 4.78 is 5.73. The molecule has 6 fully saturated rings. The molecule has 10 nitrogen and oxygen atoms in total. The number of nitrogens with two attached hydrogens (primary N) is 1. The van der Waals surface area contributed by atoms with Crippen LogP contribution in [0.5, 0.6) is 0 Å². The summed E-state index contributed by atoms with van der Waals surface area (Å²) >= 11 is 0. The van der Waals surface area contributed by atoms with Crippen LogP contribution in [0.3, 0.4) is 0 Å². The Labute approximate surface area is 362 Å². The van der Waals surface area contributed by atoms with E-state index in [9.17, 15) is 30.0 Å². The van der Waals surface area contributed by atoms with Crippen LogP contribution in [0.25, 0.3) is 0 Å². The van der Waals surface area contributed by atoms with Gasteiger partial charge in [0.1, 0.15) is 17.5 Å². The number of rotatable bonds is 16. The van der Waals surface area contributed by atoms with Gasteiger partial charge in [-0.1, -0.05) is 43.9 Å². The topological polar surface area (TPSA) is 174 Å². The van der Waals surface area contributed by atoms with E-state index in [2.05, 4.69) is 22.5 Å². The molecular weight excluding hydrogens is 755 g/mol. The number of nitrogens with one attached hydrogen (secondary N) is 2. The summed E-state index contributed by atoms with van der Waals surface area (Å²) in [6, 6.07) is 0.285. The van der Waals surface area contributed by atoms with E-state index in [1.54, 1.807) is 7.11 Å². The van der Waals surface area contributed by atoms with Crippen LogP contribution in [0.4, 0.5) is 0 Å². The zero-order valence-corrected chi connectivity index (χ0v) is 37.1. The third-order valence-electron chi connectivity index (χ3n) is 17.7. The number of Topliss-reactive ketones (excluding diaryl/α,β-unsaturated/α-hetero) is 2. The first kappa shape index (κ1) is 46.6. The maximum Gasteiger partial charge on any atom is 0.150 e. The fourth-order valence-corrected chi connectivity index (χ4v) is 14.3. The van der Waals surface area contributed by atoms with E-state index in [0.29, 0.717) is 99.1 Å². The van der Waals surface area contributed by atoms with Gasteiger partial charge < -0.3 is 41.5 Å². The molecule has 0 bridgehead atoms. The molecule has 0 spiro atoms. The Morgan fingerprint density at radius 2 is 1.58 bits per heavy atom. The number of methoxy groups -OCH3 is 1. The van der Waals surface area contributed by atoms with Crippen molar-refractivity contribution in [1.82, 2.24) is 10.6 Å². The smallest absolute Gasteiger partial charge is 0.150 e. The van der Waals surface area contributed by atoms with E-state index in [1.807, 2.05) is 0 Å². The second kappa shape index (κ2) is 22.5. The molecule has 9 unspecified atom stereocenters. The van der Waals surface area contributed by atoms with Gasteiger partial charge in [0.25, 0.3) is 0 Å². The number of hydrogen-bond donors (Lipinski definition) is 7. The van der Waals surface area contributed by atoms with Crippen molar-refractivity contribution in [2.75, 3.05) is 26.8 Å². The van der Waals surface area contributed by atoms with Gasteiger partial charge in [-0.15, -0.1) is 0 Å². The van der Waals surface area contributed by atoms with Crippen molar-refractivity contribution in [1.29, 1.82) is 0 Å². The van der Waals surface area contributed by atoms with Crippen LogP contribution in [-0.4, -0.2) is 95.4 Å². The fraction of sp³-hybridized carbons (Fsp3) is 0.920. The highest BCUT2D eigenvalue weighted by atomic mass is 16.5. The quantitative estimate of drug-likeness (QED) is 0.0928. The molecule has 7 aliphatic rings. The second-order valence-corrected chi connectivity index (χ2v) is 21.3. The Morgan fingerprint density at radius 1 is 0.800 bits per heavy atom. The minimum Gasteiger partial charge on any atom is -0.396 e. The summed E-state index contributed by atoms with van der Waals surface area (Å²) in [5, 5.41) is 51.9. The molecule has 60 heavy (non-hydrogen) atoms. The van der Waals surface area contributed by atoms with Gasteiger partial charge in [0, 0.05) is 44.9 Å². The van der Waals surface area contributed by atoms with Gasteiger partial charge in [-0.25, -0.2) is 0 Å². The van der Waals surface area contributed by atoms with Gasteiger partial charge in [0.2, 0.25) is 0 Å². The van der Waals surface area contributed by atoms with Crippen LogP contribution >= 0.6 is 0 Å². The number of hydrogen-bond acceptors (Lipinski definition) is 10. The molecule has 2 aliphatic heterocycles. The molecule has 7 rings (SSSR count). The highest BCUT2D eigenvalue weighted by Gasteiger charge is 2.43. The molecule has 10 heteroatoms. The molecule has 8 N–H and O–H groups in total. The Kier molecular flexibility index (Phi) is 17.4. The van der Waals surface area contributed by atoms with Crippen molar-refractivity contribution >= 4 is 11.6 Å².